The molecule has 2 N–H and O–H groups in total. The summed E-state index contributed by atoms with van der Waals surface area (Å²) < 4.78 is 4.82. The Bertz CT molecular complexity index is 552. The smallest absolute Gasteiger partial charge is 0.327 e. The molecule has 2 aromatic carbocycles. The molecule has 104 valence electrons. The first kappa shape index (κ1) is 14.1. The van der Waals surface area contributed by atoms with Gasteiger partial charge in [-0.25, -0.2) is 4.79 Å². The summed E-state index contributed by atoms with van der Waals surface area (Å²) in [4.78, 5) is 11.9. The van der Waals surface area contributed by atoms with E-state index in [9.17, 15) is 9.90 Å². The Morgan fingerprint density at radius 1 is 1.15 bits per heavy atom. The van der Waals surface area contributed by atoms with Crippen molar-refractivity contribution in [1.29, 1.82) is 0 Å². The van der Waals surface area contributed by atoms with Crippen LogP contribution in [0.25, 0.3) is 0 Å². The van der Waals surface area contributed by atoms with E-state index in [1.54, 1.807) is 24.3 Å². The van der Waals surface area contributed by atoms with Crippen LogP contribution in [0.5, 0.6) is 5.75 Å². The van der Waals surface area contributed by atoms with Crippen LogP contribution in [0.2, 0.25) is 0 Å². The molecule has 0 bridgehead atoms. The normalized spacial score (nSPS) is 11.8. The van der Waals surface area contributed by atoms with Crippen molar-refractivity contribution in [2.45, 2.75) is 12.6 Å². The van der Waals surface area contributed by atoms with Gasteiger partial charge >= 0.3 is 5.97 Å². The van der Waals surface area contributed by atoms with Gasteiger partial charge in [0.05, 0.1) is 7.11 Å². The molecule has 0 radical (unpaired) electrons. The fourth-order valence-electron chi connectivity index (χ4n) is 1.94. The number of aromatic hydroxyl groups is 1. The highest BCUT2D eigenvalue weighted by Crippen LogP contribution is 2.18. The van der Waals surface area contributed by atoms with Gasteiger partial charge in [0.25, 0.3) is 0 Å². The SMILES string of the molecule is COC(=O)C(NCc1ccccc1)c1ccc(O)cc1. The van der Waals surface area contributed by atoms with Gasteiger partial charge in [-0.3, -0.25) is 5.32 Å². The minimum Gasteiger partial charge on any atom is -0.508 e. The maximum absolute atomic E-state index is 11.9. The molecule has 0 spiro atoms. The quantitative estimate of drug-likeness (QED) is 0.820. The molecule has 1 atom stereocenters. The molecule has 4 nitrogen and oxygen atoms in total. The molecule has 0 amide bonds. The number of benzene rings is 2. The molecule has 0 aliphatic heterocycles. The molecule has 0 aliphatic rings. The predicted octanol–water partition coefficient (Wildman–Crippen LogP) is 2.40. The molecule has 0 heterocycles. The van der Waals surface area contributed by atoms with Crippen LogP contribution in [0.1, 0.15) is 17.2 Å². The Morgan fingerprint density at radius 2 is 1.80 bits per heavy atom. The third kappa shape index (κ3) is 3.59. The highest BCUT2D eigenvalue weighted by molar-refractivity contribution is 5.77. The van der Waals surface area contributed by atoms with Crippen LogP contribution < -0.4 is 5.32 Å². The number of carbonyl (C=O) groups is 1. The summed E-state index contributed by atoms with van der Waals surface area (Å²) in [5.74, 6) is -0.188. The number of phenolic OH excluding ortho intramolecular Hbond substituents is 1. The summed E-state index contributed by atoms with van der Waals surface area (Å²) in [6.45, 7) is 0.557. The van der Waals surface area contributed by atoms with E-state index in [1.807, 2.05) is 30.3 Å². The monoisotopic (exact) mass is 271 g/mol. The van der Waals surface area contributed by atoms with E-state index in [0.29, 0.717) is 6.54 Å². The van der Waals surface area contributed by atoms with Crippen molar-refractivity contribution in [3.8, 4) is 5.75 Å². The Kier molecular flexibility index (Phi) is 4.74. The maximum atomic E-state index is 11.9. The second-order valence-corrected chi connectivity index (χ2v) is 4.41. The van der Waals surface area contributed by atoms with Crippen molar-refractivity contribution in [1.82, 2.24) is 5.32 Å². The van der Waals surface area contributed by atoms with E-state index in [0.717, 1.165) is 11.1 Å². The van der Waals surface area contributed by atoms with Gasteiger partial charge in [-0.15, -0.1) is 0 Å². The summed E-state index contributed by atoms with van der Waals surface area (Å²) in [6.07, 6.45) is 0. The average molecular weight is 271 g/mol. The molecule has 4 heteroatoms. The largest absolute Gasteiger partial charge is 0.508 e. The number of hydrogen-bond acceptors (Lipinski definition) is 4. The molecule has 20 heavy (non-hydrogen) atoms. The molecule has 1 unspecified atom stereocenters. The zero-order chi connectivity index (χ0) is 14.4. The summed E-state index contributed by atoms with van der Waals surface area (Å²) >= 11 is 0. The van der Waals surface area contributed by atoms with E-state index in [4.69, 9.17) is 4.74 Å². The van der Waals surface area contributed by atoms with Crippen molar-refractivity contribution in [2.75, 3.05) is 7.11 Å². The van der Waals surface area contributed by atoms with E-state index in [1.165, 1.54) is 7.11 Å². The van der Waals surface area contributed by atoms with Crippen molar-refractivity contribution < 1.29 is 14.6 Å². The lowest BCUT2D eigenvalue weighted by molar-refractivity contribution is -0.143. The summed E-state index contributed by atoms with van der Waals surface area (Å²) in [5.41, 5.74) is 1.84. The van der Waals surface area contributed by atoms with Gasteiger partial charge in [-0.2, -0.15) is 0 Å². The molecule has 0 saturated carbocycles. The predicted molar refractivity (Wildman–Crippen MR) is 76.1 cm³/mol. The topological polar surface area (TPSA) is 58.6 Å². The highest BCUT2D eigenvalue weighted by atomic mass is 16.5. The Morgan fingerprint density at radius 3 is 2.40 bits per heavy atom. The number of hydrogen-bond donors (Lipinski definition) is 2. The van der Waals surface area contributed by atoms with Crippen molar-refractivity contribution in [2.24, 2.45) is 0 Å². The van der Waals surface area contributed by atoms with Gasteiger partial charge in [-0.05, 0) is 23.3 Å². The zero-order valence-electron chi connectivity index (χ0n) is 11.2. The fourth-order valence-corrected chi connectivity index (χ4v) is 1.94. The Balaban J connectivity index is 2.12. The van der Waals surface area contributed by atoms with E-state index < -0.39 is 6.04 Å². The summed E-state index contributed by atoms with van der Waals surface area (Å²) in [7, 11) is 1.36. The number of rotatable bonds is 5. The number of carbonyl (C=O) groups excluding carboxylic acids is 1. The molecular weight excluding hydrogens is 254 g/mol. The maximum Gasteiger partial charge on any atom is 0.327 e. The molecule has 0 saturated heterocycles. The first-order valence-corrected chi connectivity index (χ1v) is 6.35. The first-order chi connectivity index (χ1) is 9.70. The number of esters is 1. The van der Waals surface area contributed by atoms with Gasteiger partial charge < -0.3 is 9.84 Å². The fraction of sp³-hybridized carbons (Fsp3) is 0.188. The number of nitrogens with one attached hydrogen (secondary N) is 1. The lowest BCUT2D eigenvalue weighted by Gasteiger charge is -2.17. The van der Waals surface area contributed by atoms with Crippen molar-refractivity contribution in [3.63, 3.8) is 0 Å². The highest BCUT2D eigenvalue weighted by Gasteiger charge is 2.20. The van der Waals surface area contributed by atoms with Crippen LogP contribution in [0.4, 0.5) is 0 Å². The van der Waals surface area contributed by atoms with E-state index in [-0.39, 0.29) is 11.7 Å². The van der Waals surface area contributed by atoms with E-state index >= 15 is 0 Å². The summed E-state index contributed by atoms with van der Waals surface area (Å²) in [6, 6.07) is 15.8. The molecule has 2 aromatic rings. The number of ether oxygens (including phenoxy) is 1. The van der Waals surface area contributed by atoms with Gasteiger partial charge in [-0.1, -0.05) is 42.5 Å². The minimum absolute atomic E-state index is 0.167. The molecule has 2 rings (SSSR count). The molecular formula is C16H17NO3. The third-order valence-corrected chi connectivity index (χ3v) is 3.02. The van der Waals surface area contributed by atoms with Crippen LogP contribution in [-0.4, -0.2) is 18.2 Å². The first-order valence-electron chi connectivity index (χ1n) is 6.35. The van der Waals surface area contributed by atoms with Crippen LogP contribution in [-0.2, 0) is 16.1 Å². The second-order valence-electron chi connectivity index (χ2n) is 4.41. The van der Waals surface area contributed by atoms with Crippen LogP contribution in [0, 0.1) is 0 Å². The van der Waals surface area contributed by atoms with Crippen molar-refractivity contribution in [3.05, 3.63) is 65.7 Å². The standard InChI is InChI=1S/C16H17NO3/c1-20-16(19)15(13-7-9-14(18)10-8-13)17-11-12-5-3-2-4-6-12/h2-10,15,17-18H,11H2,1H3. The van der Waals surface area contributed by atoms with Crippen LogP contribution in [0.15, 0.2) is 54.6 Å². The number of methoxy groups -OCH3 is 1. The van der Waals surface area contributed by atoms with Gasteiger partial charge in [0.2, 0.25) is 0 Å². The third-order valence-electron chi connectivity index (χ3n) is 3.02. The average Bonchev–Trinajstić information content (AvgIpc) is 2.50. The van der Waals surface area contributed by atoms with Crippen LogP contribution in [0.3, 0.4) is 0 Å². The Labute approximate surface area is 118 Å². The lowest BCUT2D eigenvalue weighted by Crippen LogP contribution is -2.29. The van der Waals surface area contributed by atoms with Gasteiger partial charge in [0, 0.05) is 6.54 Å². The Hall–Kier alpha value is -2.33. The van der Waals surface area contributed by atoms with Gasteiger partial charge in [0.1, 0.15) is 11.8 Å². The molecule has 0 aromatic heterocycles. The van der Waals surface area contributed by atoms with E-state index in [2.05, 4.69) is 5.32 Å². The zero-order valence-corrected chi connectivity index (χ0v) is 11.2. The minimum atomic E-state index is -0.555. The molecule has 0 aliphatic carbocycles. The van der Waals surface area contributed by atoms with Gasteiger partial charge in [0.15, 0.2) is 0 Å². The number of phenols is 1. The second kappa shape index (κ2) is 6.73. The lowest BCUT2D eigenvalue weighted by atomic mass is 10.1. The molecule has 0 fully saturated rings. The summed E-state index contributed by atoms with van der Waals surface area (Å²) in [5, 5.41) is 12.5. The van der Waals surface area contributed by atoms with Crippen LogP contribution >= 0.6 is 0 Å². The van der Waals surface area contributed by atoms with Crippen molar-refractivity contribution >= 4 is 5.97 Å².